The number of ketones is 1. The Balaban J connectivity index is 1.86. The maximum absolute atomic E-state index is 13.7. The molecule has 0 aliphatic carbocycles. The summed E-state index contributed by atoms with van der Waals surface area (Å²) in [7, 11) is 2.89. The van der Waals surface area contributed by atoms with Crippen LogP contribution >= 0.6 is 11.6 Å². The number of hydrogen-bond acceptors (Lipinski definition) is 5. The fourth-order valence-electron chi connectivity index (χ4n) is 5.30. The Bertz CT molecular complexity index is 1630. The summed E-state index contributed by atoms with van der Waals surface area (Å²) in [6, 6.07) is 15.5. The number of halogens is 1. The van der Waals surface area contributed by atoms with Crippen molar-refractivity contribution in [1.82, 2.24) is 4.98 Å². The molecule has 0 radical (unpaired) electrons. The van der Waals surface area contributed by atoms with Crippen molar-refractivity contribution in [3.63, 3.8) is 0 Å². The number of anilines is 1. The molecule has 4 aromatic rings. The third-order valence-corrected chi connectivity index (χ3v) is 7.17. The van der Waals surface area contributed by atoms with Gasteiger partial charge in [-0.3, -0.25) is 14.5 Å². The summed E-state index contributed by atoms with van der Waals surface area (Å²) >= 11 is 6.29. The molecule has 0 bridgehead atoms. The molecule has 0 spiro atoms. The van der Waals surface area contributed by atoms with Gasteiger partial charge in [0, 0.05) is 33.9 Å². The van der Waals surface area contributed by atoms with E-state index in [4.69, 9.17) is 21.1 Å². The van der Waals surface area contributed by atoms with Gasteiger partial charge in [-0.1, -0.05) is 35.9 Å². The van der Waals surface area contributed by atoms with E-state index < -0.39 is 17.7 Å². The Morgan fingerprint density at radius 3 is 2.26 bits per heavy atom. The van der Waals surface area contributed by atoms with E-state index in [-0.39, 0.29) is 33.4 Å². The highest BCUT2D eigenvalue weighted by Crippen LogP contribution is 2.47. The lowest BCUT2D eigenvalue weighted by atomic mass is 9.92. The van der Waals surface area contributed by atoms with Gasteiger partial charge in [-0.05, 0) is 56.2 Å². The van der Waals surface area contributed by atoms with Gasteiger partial charge >= 0.3 is 0 Å². The van der Waals surface area contributed by atoms with E-state index in [1.165, 1.54) is 31.3 Å². The molecule has 3 aromatic carbocycles. The SMILES string of the molecule is COc1cc(/C(O)=C2\C(=O)C(=O)N(c3cc(C)cc(C)c3)C2c2c(C)[nH]c3ccccc23)c(OC)cc1Cl. The van der Waals surface area contributed by atoms with E-state index in [9.17, 15) is 14.7 Å². The summed E-state index contributed by atoms with van der Waals surface area (Å²) in [6.07, 6.45) is 0. The molecule has 7 nitrogen and oxygen atoms in total. The molecular formula is C30H27ClN2O5. The quantitative estimate of drug-likeness (QED) is 0.177. The second-order valence-electron chi connectivity index (χ2n) is 9.41. The van der Waals surface area contributed by atoms with Gasteiger partial charge in [0.15, 0.2) is 0 Å². The average Bonchev–Trinajstić information content (AvgIpc) is 3.34. The molecular weight excluding hydrogens is 504 g/mol. The van der Waals surface area contributed by atoms with Crippen LogP contribution in [0.2, 0.25) is 5.02 Å². The molecule has 1 aromatic heterocycles. The maximum Gasteiger partial charge on any atom is 0.300 e. The Morgan fingerprint density at radius 1 is 0.947 bits per heavy atom. The molecule has 1 unspecified atom stereocenters. The number of methoxy groups -OCH3 is 2. The van der Waals surface area contributed by atoms with Crippen LogP contribution in [-0.4, -0.2) is 36.0 Å². The van der Waals surface area contributed by atoms with Crippen LogP contribution in [-0.2, 0) is 9.59 Å². The van der Waals surface area contributed by atoms with Crippen molar-refractivity contribution >= 4 is 45.6 Å². The van der Waals surface area contributed by atoms with Crippen molar-refractivity contribution in [3.8, 4) is 11.5 Å². The fraction of sp³-hybridized carbons (Fsp3) is 0.200. The van der Waals surface area contributed by atoms with Crippen LogP contribution in [0.5, 0.6) is 11.5 Å². The Labute approximate surface area is 225 Å². The number of hydrogen-bond donors (Lipinski definition) is 2. The lowest BCUT2D eigenvalue weighted by molar-refractivity contribution is -0.132. The van der Waals surface area contributed by atoms with Gasteiger partial charge in [-0.25, -0.2) is 0 Å². The van der Waals surface area contributed by atoms with E-state index in [1.54, 1.807) is 0 Å². The molecule has 1 atom stereocenters. The largest absolute Gasteiger partial charge is 0.507 e. The summed E-state index contributed by atoms with van der Waals surface area (Å²) in [5.74, 6) is -1.38. The molecule has 5 rings (SSSR count). The number of para-hydroxylation sites is 1. The summed E-state index contributed by atoms with van der Waals surface area (Å²) in [5.41, 5.74) is 4.95. The Morgan fingerprint density at radius 2 is 1.61 bits per heavy atom. The first-order chi connectivity index (χ1) is 18.2. The molecule has 8 heteroatoms. The first-order valence-corrected chi connectivity index (χ1v) is 12.4. The molecule has 1 aliphatic rings. The number of nitrogens with zero attached hydrogens (tertiary/aromatic N) is 1. The number of ether oxygens (including phenoxy) is 2. The zero-order chi connectivity index (χ0) is 27.3. The zero-order valence-electron chi connectivity index (χ0n) is 21.7. The van der Waals surface area contributed by atoms with Crippen LogP contribution in [0.25, 0.3) is 16.7 Å². The minimum atomic E-state index is -0.904. The van der Waals surface area contributed by atoms with Crippen LogP contribution < -0.4 is 14.4 Å². The van der Waals surface area contributed by atoms with Crippen LogP contribution in [0.1, 0.15) is 34.0 Å². The van der Waals surface area contributed by atoms with Crippen molar-refractivity contribution in [3.05, 3.63) is 93.1 Å². The lowest BCUT2D eigenvalue weighted by Gasteiger charge is -2.26. The second-order valence-corrected chi connectivity index (χ2v) is 9.82. The number of aromatic nitrogens is 1. The fourth-order valence-corrected chi connectivity index (χ4v) is 5.53. The van der Waals surface area contributed by atoms with E-state index in [2.05, 4.69) is 4.98 Å². The molecule has 2 N–H and O–H groups in total. The standard InChI is InChI=1S/C30H27ClN2O5/c1-15-10-16(2)12-18(11-15)33-27(25-17(3)32-22-9-7-6-8-19(22)25)26(29(35)30(33)36)28(34)20-13-24(38-5)21(31)14-23(20)37-4/h6-14,27,32,34H,1-5H3/b28-26+. The van der Waals surface area contributed by atoms with Crippen LogP contribution in [0.15, 0.2) is 60.2 Å². The smallest absolute Gasteiger partial charge is 0.300 e. The molecule has 38 heavy (non-hydrogen) atoms. The number of amides is 1. The summed E-state index contributed by atoms with van der Waals surface area (Å²) in [4.78, 5) is 32.3. The molecule has 1 saturated heterocycles. The number of aryl methyl sites for hydroxylation is 3. The van der Waals surface area contributed by atoms with E-state index in [0.717, 1.165) is 33.3 Å². The van der Waals surface area contributed by atoms with Crippen molar-refractivity contribution < 1.29 is 24.2 Å². The highest BCUT2D eigenvalue weighted by Gasteiger charge is 2.48. The molecule has 1 amide bonds. The monoisotopic (exact) mass is 530 g/mol. The van der Waals surface area contributed by atoms with Crippen LogP contribution in [0.3, 0.4) is 0 Å². The minimum Gasteiger partial charge on any atom is -0.507 e. The van der Waals surface area contributed by atoms with Crippen molar-refractivity contribution in [2.24, 2.45) is 0 Å². The molecule has 194 valence electrons. The summed E-state index contributed by atoms with van der Waals surface area (Å²) in [6.45, 7) is 5.76. The number of carbonyl (C=O) groups excluding carboxylic acids is 2. The summed E-state index contributed by atoms with van der Waals surface area (Å²) < 4.78 is 10.8. The third kappa shape index (κ3) is 4.00. The zero-order valence-corrected chi connectivity index (χ0v) is 22.4. The summed E-state index contributed by atoms with van der Waals surface area (Å²) in [5, 5.41) is 12.9. The first-order valence-electron chi connectivity index (χ1n) is 12.0. The van der Waals surface area contributed by atoms with Crippen LogP contribution in [0.4, 0.5) is 5.69 Å². The Hall–Kier alpha value is -4.23. The average molecular weight is 531 g/mol. The van der Waals surface area contributed by atoms with Crippen molar-refractivity contribution in [1.29, 1.82) is 0 Å². The molecule has 1 aliphatic heterocycles. The highest BCUT2D eigenvalue weighted by atomic mass is 35.5. The topological polar surface area (TPSA) is 91.9 Å². The van der Waals surface area contributed by atoms with Gasteiger partial charge in [-0.15, -0.1) is 0 Å². The number of aliphatic hydroxyl groups is 1. The van der Waals surface area contributed by atoms with Gasteiger partial charge < -0.3 is 19.6 Å². The molecule has 2 heterocycles. The normalized spacial score (nSPS) is 16.9. The van der Waals surface area contributed by atoms with Crippen molar-refractivity contribution in [2.45, 2.75) is 26.8 Å². The van der Waals surface area contributed by atoms with Gasteiger partial charge in [0.2, 0.25) is 0 Å². The number of benzene rings is 3. The van der Waals surface area contributed by atoms with Gasteiger partial charge in [0.1, 0.15) is 17.3 Å². The second kappa shape index (κ2) is 9.58. The van der Waals surface area contributed by atoms with Crippen molar-refractivity contribution in [2.75, 3.05) is 19.1 Å². The molecule has 0 saturated carbocycles. The third-order valence-electron chi connectivity index (χ3n) is 6.87. The number of fused-ring (bicyclic) bond motifs is 1. The minimum absolute atomic E-state index is 0.0512. The van der Waals surface area contributed by atoms with Crippen LogP contribution in [0, 0.1) is 20.8 Å². The predicted molar refractivity (Wildman–Crippen MR) is 148 cm³/mol. The number of rotatable bonds is 5. The van der Waals surface area contributed by atoms with E-state index in [0.29, 0.717) is 5.69 Å². The number of carbonyl (C=O) groups is 2. The predicted octanol–water partition coefficient (Wildman–Crippen LogP) is 6.39. The van der Waals surface area contributed by atoms with Gasteiger partial charge in [0.25, 0.3) is 11.7 Å². The molecule has 1 fully saturated rings. The Kier molecular flexibility index (Phi) is 6.41. The van der Waals surface area contributed by atoms with Gasteiger partial charge in [-0.2, -0.15) is 0 Å². The number of Topliss-reactive ketones (excluding diaryl/α,β-unsaturated/α-hetero) is 1. The number of H-pyrrole nitrogens is 1. The van der Waals surface area contributed by atoms with E-state index >= 15 is 0 Å². The van der Waals surface area contributed by atoms with E-state index in [1.807, 2.05) is 63.2 Å². The number of nitrogens with one attached hydrogen (secondary N) is 1. The first kappa shape index (κ1) is 25.4. The number of aromatic amines is 1. The highest BCUT2D eigenvalue weighted by molar-refractivity contribution is 6.52. The van der Waals surface area contributed by atoms with Gasteiger partial charge in [0.05, 0.1) is 36.4 Å². The lowest BCUT2D eigenvalue weighted by Crippen LogP contribution is -2.29. The maximum atomic E-state index is 13.7. The number of aliphatic hydroxyl groups excluding tert-OH is 1.